The van der Waals surface area contributed by atoms with Gasteiger partial charge in [0.25, 0.3) is 5.91 Å². The molecule has 30 heavy (non-hydrogen) atoms. The molecular formula is C21H29N5O3S. The molecular weight excluding hydrogens is 402 g/mol. The fourth-order valence-electron chi connectivity index (χ4n) is 4.10. The lowest BCUT2D eigenvalue weighted by Crippen LogP contribution is -2.38. The van der Waals surface area contributed by atoms with E-state index in [1.165, 1.54) is 4.31 Å². The number of likely N-dealkylation sites (tertiary alicyclic amines) is 1. The maximum absolute atomic E-state index is 13.4. The van der Waals surface area contributed by atoms with E-state index in [2.05, 4.69) is 29.0 Å². The summed E-state index contributed by atoms with van der Waals surface area (Å²) in [4.78, 5) is 19.8. The molecule has 1 unspecified atom stereocenters. The van der Waals surface area contributed by atoms with Crippen LogP contribution in [0.4, 0.5) is 0 Å². The van der Waals surface area contributed by atoms with Crippen LogP contribution in [0, 0.1) is 5.92 Å². The lowest BCUT2D eigenvalue weighted by Gasteiger charge is -2.21. The van der Waals surface area contributed by atoms with Crippen molar-refractivity contribution in [3.05, 3.63) is 42.0 Å². The van der Waals surface area contributed by atoms with Crippen LogP contribution in [0.3, 0.4) is 0 Å². The highest BCUT2D eigenvalue weighted by molar-refractivity contribution is 7.89. The van der Waals surface area contributed by atoms with E-state index in [0.29, 0.717) is 29.5 Å². The first-order valence-electron chi connectivity index (χ1n) is 10.4. The van der Waals surface area contributed by atoms with Crippen LogP contribution in [0.25, 0.3) is 5.69 Å². The van der Waals surface area contributed by atoms with Gasteiger partial charge in [-0.2, -0.15) is 4.31 Å². The van der Waals surface area contributed by atoms with Crippen molar-refractivity contribution < 1.29 is 13.2 Å². The van der Waals surface area contributed by atoms with Gasteiger partial charge in [0.15, 0.2) is 5.69 Å². The number of likely N-dealkylation sites (N-methyl/N-ethyl adjacent to an activating group) is 1. The molecule has 9 heteroatoms. The standard InChI is InChI=1S/C21H29N5O3S/c1-15(2)8-11-25-13-18-20(21(27)23-16-9-10-24(3)12-16)22-14-26(18)17-6-4-5-7-19(17)30(25,28)29/h4-7,14-16H,8-13H2,1-3H3,(H,23,27). The second kappa shape index (κ2) is 8.13. The monoisotopic (exact) mass is 431 g/mol. The number of carbonyl (C=O) groups excluding carboxylic acids is 1. The van der Waals surface area contributed by atoms with Crippen LogP contribution in [-0.2, 0) is 16.6 Å². The minimum absolute atomic E-state index is 0.0821. The van der Waals surface area contributed by atoms with Crippen molar-refractivity contribution >= 4 is 15.9 Å². The summed E-state index contributed by atoms with van der Waals surface area (Å²) in [6, 6.07) is 6.99. The molecule has 1 N–H and O–H groups in total. The van der Waals surface area contributed by atoms with Crippen LogP contribution in [-0.4, -0.2) is 65.8 Å². The van der Waals surface area contributed by atoms with E-state index in [1.807, 2.05) is 7.05 Å². The molecule has 1 fully saturated rings. The lowest BCUT2D eigenvalue weighted by atomic mass is 10.1. The molecule has 1 aromatic carbocycles. The Morgan fingerprint density at radius 1 is 1.30 bits per heavy atom. The molecule has 0 radical (unpaired) electrons. The van der Waals surface area contributed by atoms with Gasteiger partial charge in [0.2, 0.25) is 10.0 Å². The van der Waals surface area contributed by atoms with Crippen molar-refractivity contribution in [2.75, 3.05) is 26.7 Å². The molecule has 3 heterocycles. The first-order chi connectivity index (χ1) is 14.3. The smallest absolute Gasteiger partial charge is 0.272 e. The number of benzene rings is 1. The first kappa shape index (κ1) is 21.0. The van der Waals surface area contributed by atoms with Crippen molar-refractivity contribution in [2.24, 2.45) is 5.92 Å². The summed E-state index contributed by atoms with van der Waals surface area (Å²) < 4.78 is 30.0. The summed E-state index contributed by atoms with van der Waals surface area (Å²) in [5.74, 6) is 0.121. The second-order valence-electron chi connectivity index (χ2n) is 8.62. The molecule has 0 bridgehead atoms. The highest BCUT2D eigenvalue weighted by Crippen LogP contribution is 2.31. The summed E-state index contributed by atoms with van der Waals surface area (Å²) in [5.41, 5.74) is 1.44. The van der Waals surface area contributed by atoms with Gasteiger partial charge in [-0.05, 0) is 44.5 Å². The van der Waals surface area contributed by atoms with Crippen LogP contribution >= 0.6 is 0 Å². The van der Waals surface area contributed by atoms with Crippen LogP contribution in [0.15, 0.2) is 35.5 Å². The summed E-state index contributed by atoms with van der Waals surface area (Å²) >= 11 is 0. The quantitative estimate of drug-likeness (QED) is 0.781. The van der Waals surface area contributed by atoms with Gasteiger partial charge in [0.05, 0.1) is 17.9 Å². The van der Waals surface area contributed by atoms with E-state index >= 15 is 0 Å². The van der Waals surface area contributed by atoms with Gasteiger partial charge in [-0.1, -0.05) is 26.0 Å². The van der Waals surface area contributed by atoms with Crippen LogP contribution in [0.5, 0.6) is 0 Å². The number of rotatable bonds is 5. The Kier molecular flexibility index (Phi) is 5.69. The Hall–Kier alpha value is -2.23. The average Bonchev–Trinajstić information content (AvgIpc) is 3.28. The fraction of sp³-hybridized carbons (Fsp3) is 0.524. The average molecular weight is 432 g/mol. The zero-order chi connectivity index (χ0) is 21.5. The SMILES string of the molecule is CC(C)CCN1Cc2c(C(=O)NC3CCN(C)C3)ncn2-c2ccccc2S1(=O)=O. The van der Waals surface area contributed by atoms with Gasteiger partial charge in [-0.3, -0.25) is 9.36 Å². The van der Waals surface area contributed by atoms with E-state index in [-0.39, 0.29) is 23.4 Å². The summed E-state index contributed by atoms with van der Waals surface area (Å²) in [7, 11) is -1.65. The topological polar surface area (TPSA) is 87.5 Å². The number of fused-ring (bicyclic) bond motifs is 3. The Bertz CT molecular complexity index is 1050. The second-order valence-corrected chi connectivity index (χ2v) is 10.5. The largest absolute Gasteiger partial charge is 0.347 e. The third kappa shape index (κ3) is 3.89. The third-order valence-corrected chi connectivity index (χ3v) is 7.73. The third-order valence-electron chi connectivity index (χ3n) is 5.83. The molecule has 1 amide bonds. The van der Waals surface area contributed by atoms with Gasteiger partial charge >= 0.3 is 0 Å². The Labute approximate surface area is 177 Å². The Morgan fingerprint density at radius 2 is 2.07 bits per heavy atom. The van der Waals surface area contributed by atoms with E-state index in [9.17, 15) is 13.2 Å². The number of para-hydroxylation sites is 1. The number of nitrogens with zero attached hydrogens (tertiary/aromatic N) is 4. The Morgan fingerprint density at radius 3 is 2.77 bits per heavy atom. The minimum atomic E-state index is -3.68. The summed E-state index contributed by atoms with van der Waals surface area (Å²) in [6.45, 7) is 6.41. The van der Waals surface area contributed by atoms with E-state index < -0.39 is 10.0 Å². The molecule has 2 aromatic rings. The number of amides is 1. The van der Waals surface area contributed by atoms with Gasteiger partial charge in [0, 0.05) is 19.1 Å². The van der Waals surface area contributed by atoms with Crippen molar-refractivity contribution in [1.82, 2.24) is 24.1 Å². The van der Waals surface area contributed by atoms with Gasteiger partial charge < -0.3 is 10.2 Å². The molecule has 0 spiro atoms. The molecule has 2 aliphatic rings. The number of hydrogen-bond donors (Lipinski definition) is 1. The molecule has 2 aliphatic heterocycles. The number of hydrogen-bond acceptors (Lipinski definition) is 5. The van der Waals surface area contributed by atoms with Crippen LogP contribution in [0.2, 0.25) is 0 Å². The highest BCUT2D eigenvalue weighted by Gasteiger charge is 2.35. The van der Waals surface area contributed by atoms with E-state index in [4.69, 9.17) is 0 Å². The number of aromatic nitrogens is 2. The predicted molar refractivity (Wildman–Crippen MR) is 114 cm³/mol. The molecule has 0 aliphatic carbocycles. The first-order valence-corrected chi connectivity index (χ1v) is 11.9. The molecule has 4 rings (SSSR count). The van der Waals surface area contributed by atoms with Crippen molar-refractivity contribution in [2.45, 2.75) is 44.2 Å². The fourth-order valence-corrected chi connectivity index (χ4v) is 5.69. The van der Waals surface area contributed by atoms with Crippen molar-refractivity contribution in [3.8, 4) is 5.69 Å². The number of imidazole rings is 1. The van der Waals surface area contributed by atoms with E-state index in [0.717, 1.165) is 25.9 Å². The van der Waals surface area contributed by atoms with Crippen LogP contribution in [0.1, 0.15) is 42.9 Å². The summed E-state index contributed by atoms with van der Waals surface area (Å²) in [5, 5.41) is 3.07. The zero-order valence-electron chi connectivity index (χ0n) is 17.7. The number of sulfonamides is 1. The lowest BCUT2D eigenvalue weighted by molar-refractivity contribution is 0.0932. The zero-order valence-corrected chi connectivity index (χ0v) is 18.5. The normalized spacial score (nSPS) is 21.3. The molecule has 1 atom stereocenters. The highest BCUT2D eigenvalue weighted by atomic mass is 32.2. The molecule has 1 aromatic heterocycles. The summed E-state index contributed by atoms with van der Waals surface area (Å²) in [6.07, 6.45) is 3.20. The van der Waals surface area contributed by atoms with Gasteiger partial charge in [-0.25, -0.2) is 13.4 Å². The number of nitrogens with one attached hydrogen (secondary N) is 1. The minimum Gasteiger partial charge on any atom is -0.347 e. The maximum Gasteiger partial charge on any atom is 0.272 e. The van der Waals surface area contributed by atoms with Crippen molar-refractivity contribution in [3.63, 3.8) is 0 Å². The molecule has 0 saturated carbocycles. The molecule has 8 nitrogen and oxygen atoms in total. The predicted octanol–water partition coefficient (Wildman–Crippen LogP) is 1.86. The number of carbonyl (C=O) groups is 1. The molecule has 1 saturated heterocycles. The molecule has 162 valence electrons. The van der Waals surface area contributed by atoms with Gasteiger partial charge in [0.1, 0.15) is 11.2 Å². The Balaban J connectivity index is 1.73. The van der Waals surface area contributed by atoms with Gasteiger partial charge in [-0.15, -0.1) is 0 Å². The van der Waals surface area contributed by atoms with Crippen LogP contribution < -0.4 is 5.32 Å². The van der Waals surface area contributed by atoms with E-state index in [1.54, 1.807) is 35.2 Å². The maximum atomic E-state index is 13.4. The van der Waals surface area contributed by atoms with Crippen molar-refractivity contribution in [1.29, 1.82) is 0 Å².